The zero-order valence-electron chi connectivity index (χ0n) is 13.7. The first-order valence-corrected chi connectivity index (χ1v) is 8.33. The summed E-state index contributed by atoms with van der Waals surface area (Å²) in [6.45, 7) is 0.641. The molecule has 0 unspecified atom stereocenters. The molecule has 1 amide bonds. The molecule has 0 fully saturated rings. The van der Waals surface area contributed by atoms with E-state index in [2.05, 4.69) is 15.3 Å². The Morgan fingerprint density at radius 1 is 1.08 bits per heavy atom. The second-order valence-electron chi connectivity index (χ2n) is 6.50. The smallest absolute Gasteiger partial charge is 0.279 e. The molecule has 0 aliphatic carbocycles. The summed E-state index contributed by atoms with van der Waals surface area (Å²) >= 11 is 0. The van der Waals surface area contributed by atoms with Gasteiger partial charge in [0, 0.05) is 34.6 Å². The number of hydrogen-bond acceptors (Lipinski definition) is 4. The number of para-hydroxylation sites is 1. The highest BCUT2D eigenvalue weighted by Gasteiger charge is 2.29. The van der Waals surface area contributed by atoms with Crippen LogP contribution in [0.1, 0.15) is 22.7 Å². The molecule has 6 heteroatoms. The molecule has 3 aromatic rings. The third kappa shape index (κ3) is 2.05. The Kier molecular flexibility index (Phi) is 2.97. The van der Waals surface area contributed by atoms with Gasteiger partial charge < -0.3 is 20.5 Å². The van der Waals surface area contributed by atoms with Gasteiger partial charge in [-0.2, -0.15) is 0 Å². The van der Waals surface area contributed by atoms with Crippen molar-refractivity contribution in [2.45, 2.75) is 5.92 Å². The van der Waals surface area contributed by atoms with Crippen molar-refractivity contribution in [1.29, 1.82) is 0 Å². The number of aromatic nitrogens is 1. The molecule has 3 heterocycles. The monoisotopic (exact) mass is 345 g/mol. The number of phenols is 1. The van der Waals surface area contributed by atoms with E-state index in [0.29, 0.717) is 23.0 Å². The molecule has 0 spiro atoms. The highest BCUT2D eigenvalue weighted by molar-refractivity contribution is 6.21. The molecule has 0 radical (unpaired) electrons. The van der Waals surface area contributed by atoms with Crippen molar-refractivity contribution in [3.8, 4) is 11.6 Å². The minimum Gasteiger partial charge on any atom is -0.508 e. The highest BCUT2D eigenvalue weighted by atomic mass is 16.3. The molecule has 128 valence electrons. The summed E-state index contributed by atoms with van der Waals surface area (Å²) in [5.74, 6) is -0.263. The Balaban J connectivity index is 1.65. The largest absolute Gasteiger partial charge is 0.508 e. The number of hydrogen-bond donors (Lipinski definition) is 4. The van der Waals surface area contributed by atoms with Crippen molar-refractivity contribution in [3.63, 3.8) is 0 Å². The van der Waals surface area contributed by atoms with Gasteiger partial charge in [0.2, 0.25) is 0 Å². The number of nitrogens with one attached hydrogen (secondary N) is 2. The second-order valence-corrected chi connectivity index (χ2v) is 6.50. The molecular weight excluding hydrogens is 330 g/mol. The van der Waals surface area contributed by atoms with Crippen LogP contribution in [0.3, 0.4) is 0 Å². The molecule has 26 heavy (non-hydrogen) atoms. The third-order valence-electron chi connectivity index (χ3n) is 4.98. The maximum absolute atomic E-state index is 12.4. The predicted octanol–water partition coefficient (Wildman–Crippen LogP) is 1.34. The van der Waals surface area contributed by atoms with Crippen LogP contribution in [0.15, 0.2) is 53.5 Å². The van der Waals surface area contributed by atoms with Crippen LogP contribution in [0.25, 0.3) is 5.57 Å². The van der Waals surface area contributed by atoms with Crippen LogP contribution in [0.4, 0.5) is 5.69 Å². The SMILES string of the molecule is O=C1N=c2ccccc2=C1c1cc([C@@H]2CNc3ccc(O)cc32)[nH]c1O. The Labute approximate surface area is 148 Å². The number of anilines is 1. The van der Waals surface area contributed by atoms with E-state index in [0.717, 1.165) is 22.2 Å². The minimum atomic E-state index is -0.352. The fourth-order valence-electron chi connectivity index (χ4n) is 3.76. The Morgan fingerprint density at radius 2 is 1.92 bits per heavy atom. The molecule has 2 aliphatic rings. The van der Waals surface area contributed by atoms with Crippen molar-refractivity contribution in [1.82, 2.24) is 4.98 Å². The first-order chi connectivity index (χ1) is 12.6. The Bertz CT molecular complexity index is 1190. The summed E-state index contributed by atoms with van der Waals surface area (Å²) < 4.78 is 0. The van der Waals surface area contributed by atoms with Gasteiger partial charge in [0.25, 0.3) is 5.91 Å². The van der Waals surface area contributed by atoms with Crippen LogP contribution in [-0.2, 0) is 4.79 Å². The summed E-state index contributed by atoms with van der Waals surface area (Å²) in [7, 11) is 0. The Hall–Kier alpha value is -3.54. The van der Waals surface area contributed by atoms with E-state index in [1.165, 1.54) is 0 Å². The average Bonchev–Trinajstić information content (AvgIpc) is 3.28. The van der Waals surface area contributed by atoms with Gasteiger partial charge in [-0.05, 0) is 35.9 Å². The lowest BCUT2D eigenvalue weighted by Crippen LogP contribution is -2.22. The van der Waals surface area contributed by atoms with E-state index in [1.807, 2.05) is 24.3 Å². The number of fused-ring (bicyclic) bond motifs is 2. The first-order valence-electron chi connectivity index (χ1n) is 8.33. The third-order valence-corrected chi connectivity index (χ3v) is 4.98. The van der Waals surface area contributed by atoms with Gasteiger partial charge in [-0.15, -0.1) is 0 Å². The zero-order chi connectivity index (χ0) is 17.8. The number of aromatic amines is 1. The second kappa shape index (κ2) is 5.23. The number of aromatic hydroxyl groups is 2. The van der Waals surface area contributed by atoms with Crippen molar-refractivity contribution in [3.05, 3.63) is 75.9 Å². The summed E-state index contributed by atoms with van der Waals surface area (Å²) in [5.41, 5.74) is 3.54. The number of H-pyrrole nitrogens is 1. The average molecular weight is 345 g/mol. The standard InChI is InChI=1S/C20H15N3O3/c24-10-5-6-15-12(7-10)14(9-21-15)17-8-13(19(25)23-17)18-11-3-1-2-4-16(11)22-20(18)26/h1-8,14,21,23-25H,9H2/t14-/m1/s1. The molecule has 0 saturated carbocycles. The van der Waals surface area contributed by atoms with E-state index < -0.39 is 0 Å². The summed E-state index contributed by atoms with van der Waals surface area (Å²) in [4.78, 5) is 19.4. The van der Waals surface area contributed by atoms with Crippen LogP contribution in [0.2, 0.25) is 0 Å². The molecule has 4 N–H and O–H groups in total. The van der Waals surface area contributed by atoms with Gasteiger partial charge >= 0.3 is 0 Å². The molecule has 2 aliphatic heterocycles. The van der Waals surface area contributed by atoms with E-state index in [4.69, 9.17) is 0 Å². The number of rotatable bonds is 2. The normalized spacial score (nSPS) is 17.6. The van der Waals surface area contributed by atoms with Crippen molar-refractivity contribution < 1.29 is 15.0 Å². The van der Waals surface area contributed by atoms with Crippen molar-refractivity contribution in [2.24, 2.45) is 4.99 Å². The fourth-order valence-corrected chi connectivity index (χ4v) is 3.76. The summed E-state index contributed by atoms with van der Waals surface area (Å²) in [6.07, 6.45) is 0. The van der Waals surface area contributed by atoms with Gasteiger partial charge in [0.05, 0.1) is 10.9 Å². The maximum Gasteiger partial charge on any atom is 0.279 e. The molecular formula is C20H15N3O3. The molecule has 0 saturated heterocycles. The fraction of sp³-hybridized carbons (Fsp3) is 0.100. The number of carbonyl (C=O) groups is 1. The molecule has 6 nitrogen and oxygen atoms in total. The summed E-state index contributed by atoms with van der Waals surface area (Å²) in [6, 6.07) is 14.3. The molecule has 2 aromatic carbocycles. The van der Waals surface area contributed by atoms with Gasteiger partial charge in [-0.1, -0.05) is 18.2 Å². The van der Waals surface area contributed by atoms with Crippen LogP contribution >= 0.6 is 0 Å². The van der Waals surface area contributed by atoms with E-state index in [9.17, 15) is 15.0 Å². The number of benzene rings is 2. The lowest BCUT2D eigenvalue weighted by Gasteiger charge is -2.08. The number of carbonyl (C=O) groups excluding carboxylic acids is 1. The van der Waals surface area contributed by atoms with E-state index in [-0.39, 0.29) is 23.5 Å². The molecule has 5 rings (SSSR count). The molecule has 1 atom stereocenters. The lowest BCUT2D eigenvalue weighted by atomic mass is 9.96. The number of amides is 1. The van der Waals surface area contributed by atoms with Gasteiger partial charge in [-0.25, -0.2) is 4.99 Å². The maximum atomic E-state index is 12.4. The van der Waals surface area contributed by atoms with Crippen LogP contribution in [-0.4, -0.2) is 27.6 Å². The van der Waals surface area contributed by atoms with E-state index >= 15 is 0 Å². The predicted molar refractivity (Wildman–Crippen MR) is 95.6 cm³/mol. The molecule has 1 aromatic heterocycles. The van der Waals surface area contributed by atoms with Gasteiger partial charge in [-0.3, -0.25) is 4.79 Å². The van der Waals surface area contributed by atoms with Crippen LogP contribution < -0.4 is 15.9 Å². The lowest BCUT2D eigenvalue weighted by molar-refractivity contribution is -0.112. The van der Waals surface area contributed by atoms with Crippen LogP contribution in [0.5, 0.6) is 11.6 Å². The first kappa shape index (κ1) is 14.8. The van der Waals surface area contributed by atoms with Crippen molar-refractivity contribution in [2.75, 3.05) is 11.9 Å². The van der Waals surface area contributed by atoms with E-state index in [1.54, 1.807) is 24.3 Å². The topological polar surface area (TPSA) is 97.7 Å². The highest BCUT2D eigenvalue weighted by Crippen LogP contribution is 2.39. The minimum absolute atomic E-state index is 0.0520. The quantitative estimate of drug-likeness (QED) is 0.527. The van der Waals surface area contributed by atoms with Gasteiger partial charge in [0.15, 0.2) is 5.88 Å². The summed E-state index contributed by atoms with van der Waals surface area (Å²) in [5, 5.41) is 24.9. The number of nitrogens with zero attached hydrogens (tertiary/aromatic N) is 1. The molecule has 0 bridgehead atoms. The van der Waals surface area contributed by atoms with Crippen molar-refractivity contribution >= 4 is 17.2 Å². The van der Waals surface area contributed by atoms with Crippen LogP contribution in [0, 0.1) is 0 Å². The number of phenolic OH excluding ortho intramolecular Hbond substituents is 1. The zero-order valence-corrected chi connectivity index (χ0v) is 13.7. The Morgan fingerprint density at radius 3 is 2.81 bits per heavy atom. The van der Waals surface area contributed by atoms with Gasteiger partial charge in [0.1, 0.15) is 5.75 Å².